The summed E-state index contributed by atoms with van der Waals surface area (Å²) in [6, 6.07) is 0. The molecule has 1 unspecified atom stereocenters. The number of rotatable bonds is 48. The van der Waals surface area contributed by atoms with Gasteiger partial charge in [0.05, 0.1) is 29.6 Å². The third-order valence-corrected chi connectivity index (χ3v) is 18.6. The minimum Gasteiger partial charge on any atom is -0.463 e. The normalized spacial score (nSPS) is 23.0. The zero-order valence-electron chi connectivity index (χ0n) is 56.2. The van der Waals surface area contributed by atoms with Crippen LogP contribution in [0.4, 0.5) is 0 Å². The molecule has 86 heavy (non-hydrogen) atoms. The molecular formula is C62H108O22S2. The van der Waals surface area contributed by atoms with Gasteiger partial charge in [0, 0.05) is 59.8 Å². The van der Waals surface area contributed by atoms with E-state index in [9.17, 15) is 50.4 Å². The Balaban J connectivity index is 2.53. The number of carbonyl (C=O) groups excluding carboxylic acids is 7. The molecule has 2 aliphatic rings. The third kappa shape index (κ3) is 35.3. The molecule has 0 saturated carbocycles. The molecule has 0 spiro atoms. The van der Waals surface area contributed by atoms with Gasteiger partial charge in [-0.05, 0) is 12.8 Å². The van der Waals surface area contributed by atoms with Gasteiger partial charge in [0.2, 0.25) is 0 Å². The van der Waals surface area contributed by atoms with Crippen LogP contribution in [0.5, 0.6) is 0 Å². The van der Waals surface area contributed by atoms with Gasteiger partial charge in [-0.1, -0.05) is 181 Å². The molecule has 0 bridgehead atoms. The average Bonchev–Trinajstić information content (AvgIpc) is 0.811. The Hall–Kier alpha value is -3.97. The van der Waals surface area contributed by atoms with Crippen LogP contribution in [0.15, 0.2) is 0 Å². The zero-order valence-corrected chi connectivity index (χ0v) is 53.9. The first kappa shape index (κ1) is 71.1. The third-order valence-electron chi connectivity index (χ3n) is 14.8. The molecule has 0 radical (unpaired) electrons. The van der Waals surface area contributed by atoms with Crippen molar-refractivity contribution in [3.8, 4) is 0 Å². The van der Waals surface area contributed by atoms with Gasteiger partial charge in [0.25, 0.3) is 0 Å². The summed E-state index contributed by atoms with van der Waals surface area (Å²) < 4.78 is 150. The Morgan fingerprint density at radius 3 is 1.09 bits per heavy atom. The van der Waals surface area contributed by atoms with E-state index >= 15 is 0 Å². The summed E-state index contributed by atoms with van der Waals surface area (Å²) >= 11 is 0. The van der Waals surface area contributed by atoms with Crippen LogP contribution in [-0.2, 0) is 105 Å². The predicted molar refractivity (Wildman–Crippen MR) is 321 cm³/mol. The lowest BCUT2D eigenvalue weighted by atomic mass is 9.96. The van der Waals surface area contributed by atoms with Crippen molar-refractivity contribution >= 4 is 61.5 Å². The van der Waals surface area contributed by atoms with Gasteiger partial charge in [0.1, 0.15) is 31.5 Å². The van der Waals surface area contributed by atoms with E-state index in [2.05, 4.69) is 13.8 Å². The van der Waals surface area contributed by atoms with E-state index in [0.29, 0.717) is 25.7 Å². The maximum Gasteiger partial charge on any atom is 0.303 e. The lowest BCUT2D eigenvalue weighted by molar-refractivity contribution is -0.361. The van der Waals surface area contributed by atoms with Gasteiger partial charge in [-0.3, -0.25) is 33.6 Å². The minimum absolute atomic E-state index is 0.222. The summed E-state index contributed by atoms with van der Waals surface area (Å²) in [5, 5.41) is 0. The summed E-state index contributed by atoms with van der Waals surface area (Å²) in [4.78, 5) is 89.6. The SMILES string of the molecule is [2H]CC(=O)OC[C@H]1OC(O[C@@H]2[C@H](OC(C)=O)[C@@H](OC(C)=O)[C@H](OCC(CS(=O)(=O)CCCCCCCCCCCCCCCC)CS(=O)(=O)CCCCCCCCCCCCCCCC)O[C@@H]2COC(C)=O)[C@H](OC(=O)C[2H])[C@@H](OC(=O)C[2H])[C@H]1OC(=O)C[2H]. The largest absolute Gasteiger partial charge is 0.463 e. The summed E-state index contributed by atoms with van der Waals surface area (Å²) in [5.74, 6) is -10.9. The Morgan fingerprint density at radius 1 is 0.384 bits per heavy atom. The van der Waals surface area contributed by atoms with Gasteiger partial charge >= 0.3 is 41.8 Å². The number of hydrogen-bond acceptors (Lipinski definition) is 22. The topological polar surface area (TPSA) is 289 Å². The Labute approximate surface area is 519 Å². The molecular weight excluding hydrogens is 1160 g/mol. The van der Waals surface area contributed by atoms with Gasteiger partial charge in [-0.25, -0.2) is 16.8 Å². The quantitative estimate of drug-likeness (QED) is 0.0311. The van der Waals surface area contributed by atoms with Crippen molar-refractivity contribution < 1.29 is 108 Å². The van der Waals surface area contributed by atoms with E-state index in [4.69, 9.17) is 57.6 Å². The Bertz CT molecular complexity index is 2220. The molecule has 0 aliphatic carbocycles. The molecule has 2 saturated heterocycles. The molecule has 0 amide bonds. The number of ether oxygens (including phenoxy) is 11. The first-order valence-corrected chi connectivity index (χ1v) is 35.1. The minimum atomic E-state index is -3.94. The second-order valence-corrected chi connectivity index (χ2v) is 27.3. The molecule has 2 fully saturated rings. The van der Waals surface area contributed by atoms with Crippen molar-refractivity contribution in [3.05, 3.63) is 0 Å². The highest BCUT2D eigenvalue weighted by molar-refractivity contribution is 7.92. The highest BCUT2D eigenvalue weighted by atomic mass is 32.2. The van der Waals surface area contributed by atoms with Crippen LogP contribution >= 0.6 is 0 Å². The smallest absolute Gasteiger partial charge is 0.303 e. The second-order valence-electron chi connectivity index (χ2n) is 22.8. The van der Waals surface area contributed by atoms with E-state index < -0.39 is 188 Å². The second kappa shape index (κ2) is 44.5. The highest BCUT2D eigenvalue weighted by Crippen LogP contribution is 2.36. The first-order valence-electron chi connectivity index (χ1n) is 34.2. The van der Waals surface area contributed by atoms with E-state index in [1.54, 1.807) is 0 Å². The molecule has 0 aromatic carbocycles. The summed E-state index contributed by atoms with van der Waals surface area (Å²) in [6.07, 6.45) is 10.5. The fourth-order valence-electron chi connectivity index (χ4n) is 10.8. The summed E-state index contributed by atoms with van der Waals surface area (Å²) in [7, 11) is -7.87. The lowest BCUT2D eigenvalue weighted by Gasteiger charge is -2.48. The molecule has 2 aliphatic heterocycles. The molecule has 24 heteroatoms. The number of unbranched alkanes of at least 4 members (excludes halogenated alkanes) is 26. The van der Waals surface area contributed by atoms with Crippen molar-refractivity contribution in [3.63, 3.8) is 0 Å². The maximum atomic E-state index is 14.0. The van der Waals surface area contributed by atoms with Crippen molar-refractivity contribution in [2.75, 3.05) is 42.8 Å². The summed E-state index contributed by atoms with van der Waals surface area (Å²) in [5.41, 5.74) is 0. The van der Waals surface area contributed by atoms with E-state index in [1.807, 2.05) is 0 Å². The van der Waals surface area contributed by atoms with Crippen LogP contribution < -0.4 is 0 Å². The maximum absolute atomic E-state index is 14.0. The first-order chi connectivity index (χ1) is 43.0. The van der Waals surface area contributed by atoms with Gasteiger partial charge in [-0.15, -0.1) is 0 Å². The van der Waals surface area contributed by atoms with Gasteiger partial charge < -0.3 is 52.1 Å². The zero-order chi connectivity index (χ0) is 66.7. The fraction of sp³-hybridized carbons (Fsp3) is 0.887. The number of sulfone groups is 2. The van der Waals surface area contributed by atoms with E-state index in [-0.39, 0.29) is 11.5 Å². The molecule has 10 atom stereocenters. The van der Waals surface area contributed by atoms with Crippen LogP contribution in [0, 0.1) is 5.92 Å². The molecule has 22 nitrogen and oxygen atoms in total. The molecule has 2 rings (SSSR count). The molecule has 0 aromatic heterocycles. The standard InChI is InChI=1S/C62H108O22S2/c1-10-12-14-16-18-20-22-24-26-28-30-32-34-36-38-85(70,71)43-52(44-86(72,73)39-37-35-33-31-29-27-25-23-21-19-17-15-13-11-2)40-76-61-59(80-50(8)68)58(79-49(7)67)56(54(82-61)42-75-46(4)64)84-62-60(81-51(9)69)57(78-48(6)66)55(77-47(5)65)53(83-62)41-74-45(3)63/h52-62H,10-44H2,1-9H3/t53-,54-,55+,56+,57+,58+,59-,60-,61-,62?/m1/s1/i3D,5D,6D,9D. The molecule has 0 N–H and O–H groups in total. The Kier molecular flexibility index (Phi) is 36.8. The molecule has 2 heterocycles. The van der Waals surface area contributed by atoms with Crippen molar-refractivity contribution in [2.45, 2.75) is 303 Å². The van der Waals surface area contributed by atoms with Gasteiger partial charge in [-0.2, -0.15) is 0 Å². The van der Waals surface area contributed by atoms with Crippen molar-refractivity contribution in [2.24, 2.45) is 5.92 Å². The average molecular weight is 1270 g/mol. The van der Waals surface area contributed by atoms with Crippen LogP contribution in [0.3, 0.4) is 0 Å². The van der Waals surface area contributed by atoms with Crippen molar-refractivity contribution in [1.29, 1.82) is 0 Å². The monoisotopic (exact) mass is 1270 g/mol. The number of carbonyl (C=O) groups is 7. The van der Waals surface area contributed by atoms with E-state index in [1.165, 1.54) is 89.9 Å². The van der Waals surface area contributed by atoms with Crippen LogP contribution in [-0.4, -0.2) is 163 Å². The van der Waals surface area contributed by atoms with Crippen LogP contribution in [0.25, 0.3) is 0 Å². The molecule has 500 valence electrons. The van der Waals surface area contributed by atoms with Crippen molar-refractivity contribution in [1.82, 2.24) is 0 Å². The molecule has 0 aromatic rings. The number of esters is 7. The Morgan fingerprint density at radius 2 is 0.698 bits per heavy atom. The highest BCUT2D eigenvalue weighted by Gasteiger charge is 2.58. The predicted octanol–water partition coefficient (Wildman–Crippen LogP) is 10.0. The number of hydrogen-bond donors (Lipinski definition) is 0. The van der Waals surface area contributed by atoms with Crippen LogP contribution in [0.2, 0.25) is 0 Å². The fourth-order valence-corrected chi connectivity index (χ4v) is 14.4. The van der Waals surface area contributed by atoms with Gasteiger partial charge in [0.15, 0.2) is 62.8 Å². The van der Waals surface area contributed by atoms with E-state index in [0.717, 1.165) is 85.0 Å². The van der Waals surface area contributed by atoms with Crippen LogP contribution in [0.1, 0.15) is 247 Å². The lowest BCUT2D eigenvalue weighted by Crippen LogP contribution is -2.67. The summed E-state index contributed by atoms with van der Waals surface area (Å²) in [6.45, 7) is 1.02.